The van der Waals surface area contributed by atoms with Crippen LogP contribution in [0.15, 0.2) is 84.9 Å². The molecule has 0 spiro atoms. The summed E-state index contributed by atoms with van der Waals surface area (Å²) >= 11 is 0. The molecule has 0 saturated carbocycles. The number of rotatable bonds is 8. The Labute approximate surface area is 161 Å². The van der Waals surface area contributed by atoms with E-state index in [2.05, 4.69) is 95.6 Å². The molecule has 0 aromatic heterocycles. The van der Waals surface area contributed by atoms with Gasteiger partial charge in [0.1, 0.15) is 0 Å². The molecule has 136 valence electrons. The van der Waals surface area contributed by atoms with Crippen molar-refractivity contribution >= 4 is 21.5 Å². The molecule has 0 aliphatic carbocycles. The van der Waals surface area contributed by atoms with Crippen molar-refractivity contribution in [2.75, 3.05) is 13.1 Å². The summed E-state index contributed by atoms with van der Waals surface area (Å²) < 4.78 is 0. The Balaban J connectivity index is 1.22. The summed E-state index contributed by atoms with van der Waals surface area (Å²) in [7, 11) is 0. The smallest absolute Gasteiger partial charge is 0.0211 e. The molecule has 4 rings (SSSR count). The van der Waals surface area contributed by atoms with E-state index >= 15 is 0 Å². The molecule has 0 fully saturated rings. The summed E-state index contributed by atoms with van der Waals surface area (Å²) in [6.45, 7) is 3.88. The molecule has 0 unspecified atom stereocenters. The highest BCUT2D eigenvalue weighted by Gasteiger charge is 2.01. The Morgan fingerprint density at radius 1 is 0.481 bits per heavy atom. The highest BCUT2D eigenvalue weighted by atomic mass is 14.9. The minimum absolute atomic E-state index is 0.921. The lowest BCUT2D eigenvalue weighted by Gasteiger charge is -2.10. The largest absolute Gasteiger partial charge is 0.313 e. The van der Waals surface area contributed by atoms with E-state index in [9.17, 15) is 0 Å². The maximum Gasteiger partial charge on any atom is 0.0211 e. The van der Waals surface area contributed by atoms with Crippen molar-refractivity contribution in [3.63, 3.8) is 0 Å². The molecular weight excluding hydrogens is 328 g/mol. The van der Waals surface area contributed by atoms with Gasteiger partial charge >= 0.3 is 0 Å². The first-order chi connectivity index (χ1) is 13.4. The first-order valence-corrected chi connectivity index (χ1v) is 9.76. The molecule has 0 heterocycles. The molecular formula is C25H26N2. The van der Waals surface area contributed by atoms with Gasteiger partial charge in [0.05, 0.1) is 0 Å². The van der Waals surface area contributed by atoms with Gasteiger partial charge in [-0.2, -0.15) is 0 Å². The van der Waals surface area contributed by atoms with Gasteiger partial charge in [0, 0.05) is 13.1 Å². The van der Waals surface area contributed by atoms with Crippen molar-refractivity contribution in [3.8, 4) is 0 Å². The number of hydrogen-bond acceptors (Lipinski definition) is 2. The zero-order valence-electron chi connectivity index (χ0n) is 15.6. The summed E-state index contributed by atoms with van der Waals surface area (Å²) in [5.74, 6) is 0. The minimum Gasteiger partial charge on any atom is -0.313 e. The van der Waals surface area contributed by atoms with E-state index in [1.807, 2.05) is 0 Å². The lowest BCUT2D eigenvalue weighted by Crippen LogP contribution is -2.21. The Bertz CT molecular complexity index is 929. The van der Waals surface area contributed by atoms with E-state index in [1.165, 1.54) is 32.7 Å². The molecule has 0 aliphatic rings. The van der Waals surface area contributed by atoms with Gasteiger partial charge in [-0.15, -0.1) is 0 Å². The molecule has 2 nitrogen and oxygen atoms in total. The van der Waals surface area contributed by atoms with Crippen LogP contribution in [-0.4, -0.2) is 13.1 Å². The van der Waals surface area contributed by atoms with E-state index in [0.29, 0.717) is 0 Å². The quantitative estimate of drug-likeness (QED) is 0.422. The molecule has 4 aromatic rings. The van der Waals surface area contributed by atoms with E-state index < -0.39 is 0 Å². The van der Waals surface area contributed by atoms with Crippen molar-refractivity contribution in [1.29, 1.82) is 0 Å². The van der Waals surface area contributed by atoms with E-state index in [-0.39, 0.29) is 0 Å². The zero-order chi connectivity index (χ0) is 18.3. The Hall–Kier alpha value is -2.68. The highest BCUT2D eigenvalue weighted by Crippen LogP contribution is 2.19. The van der Waals surface area contributed by atoms with Crippen molar-refractivity contribution < 1.29 is 0 Å². The van der Waals surface area contributed by atoms with Crippen LogP contribution in [0.5, 0.6) is 0 Å². The van der Waals surface area contributed by atoms with Crippen LogP contribution in [0.1, 0.15) is 17.5 Å². The Morgan fingerprint density at radius 3 is 1.44 bits per heavy atom. The van der Waals surface area contributed by atoms with Crippen LogP contribution in [-0.2, 0) is 13.1 Å². The Morgan fingerprint density at radius 2 is 0.926 bits per heavy atom. The molecule has 0 saturated heterocycles. The first kappa shape index (κ1) is 17.7. The summed E-state index contributed by atoms with van der Waals surface area (Å²) in [6.07, 6.45) is 1.12. The van der Waals surface area contributed by atoms with Crippen molar-refractivity contribution in [2.24, 2.45) is 0 Å². The fourth-order valence-electron chi connectivity index (χ4n) is 3.68. The average molecular weight is 354 g/mol. The molecule has 2 N–H and O–H groups in total. The maximum atomic E-state index is 3.58. The van der Waals surface area contributed by atoms with Gasteiger partial charge in [0.15, 0.2) is 0 Å². The third-order valence-electron chi connectivity index (χ3n) is 5.10. The van der Waals surface area contributed by atoms with Crippen LogP contribution in [0.25, 0.3) is 21.5 Å². The van der Waals surface area contributed by atoms with E-state index in [1.54, 1.807) is 0 Å². The number of nitrogens with one attached hydrogen (secondary N) is 2. The van der Waals surface area contributed by atoms with E-state index in [4.69, 9.17) is 0 Å². The number of hydrogen-bond donors (Lipinski definition) is 2. The molecule has 0 atom stereocenters. The van der Waals surface area contributed by atoms with Crippen LogP contribution in [0.2, 0.25) is 0 Å². The van der Waals surface area contributed by atoms with Gasteiger partial charge in [-0.25, -0.2) is 0 Å². The van der Waals surface area contributed by atoms with Gasteiger partial charge in [-0.1, -0.05) is 84.9 Å². The summed E-state index contributed by atoms with van der Waals surface area (Å²) in [4.78, 5) is 0. The Kier molecular flexibility index (Phi) is 5.78. The van der Waals surface area contributed by atoms with Crippen molar-refractivity contribution in [1.82, 2.24) is 10.6 Å². The molecule has 4 aromatic carbocycles. The van der Waals surface area contributed by atoms with Crippen LogP contribution < -0.4 is 10.6 Å². The first-order valence-electron chi connectivity index (χ1n) is 9.76. The van der Waals surface area contributed by atoms with Gasteiger partial charge in [0.25, 0.3) is 0 Å². The summed E-state index contributed by atoms with van der Waals surface area (Å²) in [5, 5.41) is 12.5. The second kappa shape index (κ2) is 8.81. The van der Waals surface area contributed by atoms with Gasteiger partial charge in [0.2, 0.25) is 0 Å². The van der Waals surface area contributed by atoms with Gasteiger partial charge in [-0.3, -0.25) is 0 Å². The lowest BCUT2D eigenvalue weighted by atomic mass is 10.0. The fraction of sp³-hybridized carbons (Fsp3) is 0.200. The zero-order valence-corrected chi connectivity index (χ0v) is 15.6. The molecule has 0 bridgehead atoms. The molecule has 0 radical (unpaired) electrons. The number of fused-ring (bicyclic) bond motifs is 2. The SMILES string of the molecule is c1ccc2c(CNCCCNCc3cccc4ccccc34)cccc2c1. The fourth-order valence-corrected chi connectivity index (χ4v) is 3.68. The predicted octanol–water partition coefficient (Wildman–Crippen LogP) is 5.26. The normalized spacial score (nSPS) is 11.3. The maximum absolute atomic E-state index is 3.58. The third-order valence-corrected chi connectivity index (χ3v) is 5.10. The van der Waals surface area contributed by atoms with Crippen molar-refractivity contribution in [2.45, 2.75) is 19.5 Å². The van der Waals surface area contributed by atoms with Gasteiger partial charge in [-0.05, 0) is 52.2 Å². The minimum atomic E-state index is 0.921. The molecule has 27 heavy (non-hydrogen) atoms. The van der Waals surface area contributed by atoms with E-state index in [0.717, 1.165) is 32.6 Å². The average Bonchev–Trinajstić information content (AvgIpc) is 2.73. The second-order valence-corrected chi connectivity index (χ2v) is 6.98. The third kappa shape index (κ3) is 4.36. The van der Waals surface area contributed by atoms with Crippen LogP contribution in [0, 0.1) is 0 Å². The lowest BCUT2D eigenvalue weighted by molar-refractivity contribution is 0.597. The van der Waals surface area contributed by atoms with Gasteiger partial charge < -0.3 is 10.6 Å². The summed E-state index contributed by atoms with van der Waals surface area (Å²) in [6, 6.07) is 30.3. The highest BCUT2D eigenvalue weighted by molar-refractivity contribution is 5.86. The monoisotopic (exact) mass is 354 g/mol. The van der Waals surface area contributed by atoms with Crippen LogP contribution in [0.3, 0.4) is 0 Å². The number of benzene rings is 4. The molecule has 2 heteroatoms. The molecule has 0 amide bonds. The second-order valence-electron chi connectivity index (χ2n) is 6.98. The van der Waals surface area contributed by atoms with Crippen molar-refractivity contribution in [3.05, 3.63) is 96.1 Å². The predicted molar refractivity (Wildman–Crippen MR) is 116 cm³/mol. The standard InChI is InChI=1S/C25H26N2/c1-3-14-24-20(8-1)10-5-12-22(24)18-26-16-7-17-27-19-23-13-6-11-21-9-2-4-15-25(21)23/h1-6,8-15,26-27H,7,16-19H2. The summed E-state index contributed by atoms with van der Waals surface area (Å²) in [5.41, 5.74) is 2.74. The topological polar surface area (TPSA) is 24.1 Å². The molecule has 0 aliphatic heterocycles. The van der Waals surface area contributed by atoms with Crippen LogP contribution in [0.4, 0.5) is 0 Å². The van der Waals surface area contributed by atoms with Crippen LogP contribution >= 0.6 is 0 Å².